The van der Waals surface area contributed by atoms with Crippen molar-refractivity contribution in [2.24, 2.45) is 0 Å². The van der Waals surface area contributed by atoms with E-state index in [1.165, 1.54) is 0 Å². The van der Waals surface area contributed by atoms with Crippen LogP contribution in [0.1, 0.15) is 42.2 Å². The van der Waals surface area contributed by atoms with Crippen molar-refractivity contribution < 1.29 is 19.4 Å². The molecule has 1 aromatic carbocycles. The molecule has 6 heteroatoms. The molecule has 1 atom stereocenters. The van der Waals surface area contributed by atoms with E-state index in [4.69, 9.17) is 14.3 Å². The topological polar surface area (TPSA) is 80.7 Å². The molecule has 0 fully saturated rings. The van der Waals surface area contributed by atoms with E-state index in [2.05, 4.69) is 16.8 Å². The third-order valence-corrected chi connectivity index (χ3v) is 3.88. The highest BCUT2D eigenvalue weighted by Gasteiger charge is 2.10. The Kier molecular flexibility index (Phi) is 6.31. The van der Waals surface area contributed by atoms with Crippen LogP contribution in [0.25, 0.3) is 0 Å². The van der Waals surface area contributed by atoms with Crippen LogP contribution >= 0.6 is 0 Å². The molecule has 0 unspecified atom stereocenters. The van der Waals surface area contributed by atoms with E-state index in [9.17, 15) is 5.11 Å². The van der Waals surface area contributed by atoms with E-state index >= 15 is 0 Å². The molecule has 0 bridgehead atoms. The predicted molar refractivity (Wildman–Crippen MR) is 100 cm³/mol. The first-order chi connectivity index (χ1) is 13.2. The minimum Gasteiger partial charge on any atom is -0.494 e. The third kappa shape index (κ3) is 5.23. The molecule has 2 heterocycles. The Bertz CT molecular complexity index is 914. The summed E-state index contributed by atoms with van der Waals surface area (Å²) < 4.78 is 12.9. The predicted octanol–water partition coefficient (Wildman–Crippen LogP) is 2.74. The number of nitrogens with zero attached hydrogens (tertiary/aromatic N) is 2. The van der Waals surface area contributed by atoms with Gasteiger partial charge in [-0.15, -0.1) is 0 Å². The first-order valence-electron chi connectivity index (χ1n) is 8.78. The van der Waals surface area contributed by atoms with Gasteiger partial charge in [0.15, 0.2) is 0 Å². The maximum absolute atomic E-state index is 9.71. The molecule has 0 aliphatic carbocycles. The van der Waals surface area contributed by atoms with Gasteiger partial charge in [0.2, 0.25) is 0 Å². The van der Waals surface area contributed by atoms with E-state index in [0.29, 0.717) is 25.4 Å². The summed E-state index contributed by atoms with van der Waals surface area (Å²) in [6, 6.07) is 9.38. The summed E-state index contributed by atoms with van der Waals surface area (Å²) in [5.74, 6) is 8.27. The zero-order chi connectivity index (χ0) is 19.1. The van der Waals surface area contributed by atoms with Crippen LogP contribution in [0, 0.1) is 11.8 Å². The average Bonchev–Trinajstić information content (AvgIpc) is 3.31. The Hall–Kier alpha value is -3.01. The molecule has 0 radical (unpaired) electrons. The Balaban J connectivity index is 1.62. The number of aliphatic hydroxyl groups is 2. The molecule has 0 aliphatic heterocycles. The van der Waals surface area contributed by atoms with Crippen LogP contribution in [0.5, 0.6) is 5.75 Å². The number of aliphatic hydroxyl groups excluding tert-OH is 2. The van der Waals surface area contributed by atoms with Crippen LogP contribution in [0.15, 0.2) is 53.4 Å². The lowest BCUT2D eigenvalue weighted by atomic mass is 10.2. The fraction of sp³-hybridized carbons (Fsp3) is 0.286. The second-order valence-electron chi connectivity index (χ2n) is 6.09. The number of imidazole rings is 1. The van der Waals surface area contributed by atoms with Crippen LogP contribution in [0.3, 0.4) is 0 Å². The Morgan fingerprint density at radius 3 is 2.74 bits per heavy atom. The monoisotopic (exact) mass is 366 g/mol. The van der Waals surface area contributed by atoms with Gasteiger partial charge in [-0.1, -0.05) is 11.8 Å². The number of rotatable bonds is 7. The summed E-state index contributed by atoms with van der Waals surface area (Å²) in [4.78, 5) is 4.15. The first kappa shape index (κ1) is 18.8. The lowest BCUT2D eigenvalue weighted by molar-refractivity contribution is 0.184. The highest BCUT2D eigenvalue weighted by atomic mass is 16.5. The summed E-state index contributed by atoms with van der Waals surface area (Å²) in [5, 5.41) is 18.5. The molecular formula is C21H22N2O4. The van der Waals surface area contributed by atoms with Crippen molar-refractivity contribution in [3.05, 3.63) is 71.7 Å². The van der Waals surface area contributed by atoms with Gasteiger partial charge in [0.25, 0.3) is 0 Å². The average molecular weight is 366 g/mol. The quantitative estimate of drug-likeness (QED) is 0.496. The number of hydrogen-bond acceptors (Lipinski definition) is 5. The first-order valence-corrected chi connectivity index (χ1v) is 8.78. The van der Waals surface area contributed by atoms with Gasteiger partial charge in [-0.05, 0) is 37.3 Å². The SMILES string of the molecule is C[C@H](O)c1nccn1Cc1cc(C#Cc2ccc(OCCCO)cc2)co1. The molecule has 0 saturated carbocycles. The zero-order valence-corrected chi connectivity index (χ0v) is 15.1. The second-order valence-corrected chi connectivity index (χ2v) is 6.09. The maximum Gasteiger partial charge on any atom is 0.137 e. The standard InChI is InChI=1S/C21H22N2O4/c1-16(25)21-22-9-10-23(21)14-20-13-18(15-27-20)4-3-17-5-7-19(8-6-17)26-12-2-11-24/h5-10,13,15-16,24-25H,2,11-12,14H2,1H3/t16-/m0/s1. The largest absolute Gasteiger partial charge is 0.494 e. The molecular weight excluding hydrogens is 344 g/mol. The number of ether oxygens (including phenoxy) is 1. The van der Waals surface area contributed by atoms with Crippen molar-refractivity contribution in [2.75, 3.05) is 13.2 Å². The van der Waals surface area contributed by atoms with Gasteiger partial charge >= 0.3 is 0 Å². The molecule has 140 valence electrons. The normalized spacial score (nSPS) is 11.7. The second kappa shape index (κ2) is 9.08. The van der Waals surface area contributed by atoms with Crippen molar-refractivity contribution in [3.8, 4) is 17.6 Å². The smallest absolute Gasteiger partial charge is 0.137 e. The van der Waals surface area contributed by atoms with Crippen LogP contribution in [-0.2, 0) is 6.54 Å². The number of hydrogen-bond donors (Lipinski definition) is 2. The van der Waals surface area contributed by atoms with E-state index in [-0.39, 0.29) is 6.61 Å². The number of aromatic nitrogens is 2. The summed E-state index contributed by atoms with van der Waals surface area (Å²) in [5.41, 5.74) is 1.66. The van der Waals surface area contributed by atoms with Crippen LogP contribution in [0.2, 0.25) is 0 Å². The van der Waals surface area contributed by atoms with Crippen molar-refractivity contribution in [1.29, 1.82) is 0 Å². The van der Waals surface area contributed by atoms with Crippen molar-refractivity contribution in [2.45, 2.75) is 26.0 Å². The minimum atomic E-state index is -0.634. The van der Waals surface area contributed by atoms with E-state index in [1.807, 2.05) is 34.9 Å². The van der Waals surface area contributed by atoms with E-state index in [0.717, 1.165) is 22.6 Å². The van der Waals surface area contributed by atoms with Crippen molar-refractivity contribution in [1.82, 2.24) is 9.55 Å². The van der Waals surface area contributed by atoms with Gasteiger partial charge in [-0.2, -0.15) is 0 Å². The van der Waals surface area contributed by atoms with Crippen LogP contribution in [-0.4, -0.2) is 33.0 Å². The molecule has 6 nitrogen and oxygen atoms in total. The lowest BCUT2D eigenvalue weighted by Crippen LogP contribution is -2.06. The summed E-state index contributed by atoms with van der Waals surface area (Å²) in [6.45, 7) is 2.78. The molecule has 3 rings (SSSR count). The fourth-order valence-corrected chi connectivity index (χ4v) is 2.55. The molecule has 27 heavy (non-hydrogen) atoms. The number of benzene rings is 1. The zero-order valence-electron chi connectivity index (χ0n) is 15.1. The molecule has 2 N–H and O–H groups in total. The molecule has 0 amide bonds. The van der Waals surface area contributed by atoms with Crippen molar-refractivity contribution >= 4 is 0 Å². The highest BCUT2D eigenvalue weighted by molar-refractivity contribution is 5.43. The van der Waals surface area contributed by atoms with Crippen molar-refractivity contribution in [3.63, 3.8) is 0 Å². The van der Waals surface area contributed by atoms with E-state index < -0.39 is 6.10 Å². The maximum atomic E-state index is 9.71. The van der Waals surface area contributed by atoms with Gasteiger partial charge in [-0.25, -0.2) is 4.98 Å². The molecule has 2 aromatic heterocycles. The van der Waals surface area contributed by atoms with Crippen LogP contribution in [0.4, 0.5) is 0 Å². The molecule has 0 spiro atoms. The molecule has 3 aromatic rings. The lowest BCUT2D eigenvalue weighted by Gasteiger charge is -2.07. The van der Waals surface area contributed by atoms with E-state index in [1.54, 1.807) is 25.6 Å². The van der Waals surface area contributed by atoms with Gasteiger partial charge in [0.05, 0.1) is 18.7 Å². The van der Waals surface area contributed by atoms with Gasteiger partial charge in [0.1, 0.15) is 29.7 Å². The van der Waals surface area contributed by atoms with Crippen LogP contribution < -0.4 is 4.74 Å². The summed E-state index contributed by atoms with van der Waals surface area (Å²) >= 11 is 0. The summed E-state index contributed by atoms with van der Waals surface area (Å²) in [7, 11) is 0. The van der Waals surface area contributed by atoms with Gasteiger partial charge in [0, 0.05) is 31.0 Å². The Morgan fingerprint density at radius 1 is 1.22 bits per heavy atom. The Labute approximate surface area is 158 Å². The van der Waals surface area contributed by atoms with Gasteiger partial charge in [-0.3, -0.25) is 0 Å². The third-order valence-electron chi connectivity index (χ3n) is 3.88. The number of furan rings is 1. The summed E-state index contributed by atoms with van der Waals surface area (Å²) in [6.07, 6.45) is 5.06. The molecule has 0 saturated heterocycles. The minimum absolute atomic E-state index is 0.122. The Morgan fingerprint density at radius 2 is 2.00 bits per heavy atom. The van der Waals surface area contributed by atoms with Gasteiger partial charge < -0.3 is 23.9 Å². The highest BCUT2D eigenvalue weighted by Crippen LogP contribution is 2.15. The fourth-order valence-electron chi connectivity index (χ4n) is 2.55. The molecule has 0 aliphatic rings.